The van der Waals surface area contributed by atoms with Gasteiger partial charge in [-0.15, -0.1) is 0 Å². The second kappa shape index (κ2) is 3.81. The first-order chi connectivity index (χ1) is 6.40. The summed E-state index contributed by atoms with van der Waals surface area (Å²) in [6.07, 6.45) is -3.26. The van der Waals surface area contributed by atoms with Crippen LogP contribution < -0.4 is 0 Å². The molecule has 0 saturated carbocycles. The molecule has 0 saturated heterocycles. The van der Waals surface area contributed by atoms with Gasteiger partial charge in [0.1, 0.15) is 5.69 Å². The highest BCUT2D eigenvalue weighted by Crippen LogP contribution is 2.22. The minimum Gasteiger partial charge on any atom is -0.331 e. The second-order valence-corrected chi connectivity index (χ2v) is 2.93. The molecule has 0 radical (unpaired) electrons. The molecule has 0 aliphatic carbocycles. The number of Topliss-reactive ketones (excluding diaryl/α,β-unsaturated/α-hetero) is 1. The van der Waals surface area contributed by atoms with Crippen molar-refractivity contribution in [1.29, 1.82) is 0 Å². The van der Waals surface area contributed by atoms with Crippen molar-refractivity contribution in [2.45, 2.75) is 19.0 Å². The number of imidazole rings is 1. The lowest BCUT2D eigenvalue weighted by Gasteiger charge is -2.05. The van der Waals surface area contributed by atoms with Crippen LogP contribution >= 0.6 is 0 Å². The van der Waals surface area contributed by atoms with Crippen LogP contribution in [0.15, 0.2) is 12.5 Å². The Morgan fingerprint density at radius 3 is 2.64 bits per heavy atom. The number of rotatable bonds is 3. The van der Waals surface area contributed by atoms with Crippen LogP contribution in [0.25, 0.3) is 0 Å². The SMILES string of the molecule is Cn1cncc1C(=O)CCC(F)(F)F. The van der Waals surface area contributed by atoms with Gasteiger partial charge in [-0.1, -0.05) is 0 Å². The molecule has 0 atom stereocenters. The molecular formula is C8H9F3N2O. The zero-order valence-corrected chi connectivity index (χ0v) is 7.51. The van der Waals surface area contributed by atoms with Crippen molar-refractivity contribution in [3.63, 3.8) is 0 Å². The van der Waals surface area contributed by atoms with Crippen molar-refractivity contribution in [3.8, 4) is 0 Å². The van der Waals surface area contributed by atoms with Crippen LogP contribution in [0.4, 0.5) is 13.2 Å². The van der Waals surface area contributed by atoms with Crippen LogP contribution in [0, 0.1) is 0 Å². The Kier molecular flexibility index (Phi) is 2.93. The van der Waals surface area contributed by atoms with Crippen molar-refractivity contribution in [2.75, 3.05) is 0 Å². The molecule has 1 heterocycles. The highest BCUT2D eigenvalue weighted by molar-refractivity contribution is 5.94. The summed E-state index contributed by atoms with van der Waals surface area (Å²) in [5.74, 6) is -0.540. The monoisotopic (exact) mass is 206 g/mol. The summed E-state index contributed by atoms with van der Waals surface area (Å²) in [5, 5.41) is 0. The maximum atomic E-state index is 11.8. The molecule has 0 aliphatic heterocycles. The van der Waals surface area contributed by atoms with Crippen LogP contribution in [-0.2, 0) is 7.05 Å². The number of carbonyl (C=O) groups is 1. The number of carbonyl (C=O) groups excluding carboxylic acids is 1. The Balaban J connectivity index is 2.56. The van der Waals surface area contributed by atoms with Crippen molar-refractivity contribution in [1.82, 2.24) is 9.55 Å². The first-order valence-corrected chi connectivity index (χ1v) is 3.96. The fourth-order valence-corrected chi connectivity index (χ4v) is 1.01. The molecule has 0 aliphatic rings. The topological polar surface area (TPSA) is 34.9 Å². The van der Waals surface area contributed by atoms with E-state index in [1.54, 1.807) is 7.05 Å². The standard InChI is InChI=1S/C8H9F3N2O/c1-13-5-12-4-6(13)7(14)2-3-8(9,10)11/h4-5H,2-3H2,1H3. The van der Waals surface area contributed by atoms with Gasteiger partial charge < -0.3 is 4.57 Å². The van der Waals surface area contributed by atoms with Gasteiger partial charge in [-0.3, -0.25) is 4.79 Å². The summed E-state index contributed by atoms with van der Waals surface area (Å²) < 4.78 is 36.8. The predicted octanol–water partition coefficient (Wildman–Crippen LogP) is 1.95. The molecule has 0 spiro atoms. The van der Waals surface area contributed by atoms with Crippen molar-refractivity contribution < 1.29 is 18.0 Å². The number of hydrogen-bond donors (Lipinski definition) is 0. The van der Waals surface area contributed by atoms with E-state index >= 15 is 0 Å². The van der Waals surface area contributed by atoms with Crippen LogP contribution in [-0.4, -0.2) is 21.5 Å². The van der Waals surface area contributed by atoms with Crippen LogP contribution in [0.3, 0.4) is 0 Å². The normalized spacial score (nSPS) is 11.7. The van der Waals surface area contributed by atoms with Gasteiger partial charge in [0.2, 0.25) is 0 Å². The van der Waals surface area contributed by atoms with Gasteiger partial charge in [0.15, 0.2) is 5.78 Å². The third-order valence-corrected chi connectivity index (χ3v) is 1.74. The summed E-state index contributed by atoms with van der Waals surface area (Å²) in [5.41, 5.74) is 0.203. The van der Waals surface area contributed by atoms with E-state index in [1.807, 2.05) is 0 Å². The minimum absolute atomic E-state index is 0.203. The molecule has 78 valence electrons. The molecule has 3 nitrogen and oxygen atoms in total. The van der Waals surface area contributed by atoms with Gasteiger partial charge in [0, 0.05) is 13.5 Å². The van der Waals surface area contributed by atoms with E-state index in [2.05, 4.69) is 4.98 Å². The summed E-state index contributed by atoms with van der Waals surface area (Å²) in [6.45, 7) is 0. The highest BCUT2D eigenvalue weighted by atomic mass is 19.4. The summed E-state index contributed by atoms with van der Waals surface area (Å²) in [7, 11) is 1.56. The molecule has 0 unspecified atom stereocenters. The van der Waals surface area contributed by atoms with Crippen molar-refractivity contribution in [2.24, 2.45) is 7.05 Å². The maximum Gasteiger partial charge on any atom is 0.389 e. The van der Waals surface area contributed by atoms with E-state index in [0.29, 0.717) is 0 Å². The van der Waals surface area contributed by atoms with E-state index in [0.717, 1.165) is 0 Å². The Morgan fingerprint density at radius 1 is 1.57 bits per heavy atom. The number of nitrogens with zero attached hydrogens (tertiary/aromatic N) is 2. The number of aryl methyl sites for hydroxylation is 1. The van der Waals surface area contributed by atoms with Gasteiger partial charge in [0.25, 0.3) is 0 Å². The number of aromatic nitrogens is 2. The molecule has 14 heavy (non-hydrogen) atoms. The first-order valence-electron chi connectivity index (χ1n) is 3.96. The zero-order valence-electron chi connectivity index (χ0n) is 7.51. The van der Waals surface area contributed by atoms with Crippen LogP contribution in [0.1, 0.15) is 23.3 Å². The lowest BCUT2D eigenvalue weighted by molar-refractivity contribution is -0.133. The quantitative estimate of drug-likeness (QED) is 0.708. The van der Waals surface area contributed by atoms with Crippen molar-refractivity contribution >= 4 is 5.78 Å². The average molecular weight is 206 g/mol. The van der Waals surface area contributed by atoms with E-state index in [9.17, 15) is 18.0 Å². The minimum atomic E-state index is -4.28. The number of hydrogen-bond acceptors (Lipinski definition) is 2. The molecule has 1 rings (SSSR count). The molecule has 0 N–H and O–H groups in total. The summed E-state index contributed by atoms with van der Waals surface area (Å²) >= 11 is 0. The lowest BCUT2D eigenvalue weighted by atomic mass is 10.2. The smallest absolute Gasteiger partial charge is 0.331 e. The molecule has 6 heteroatoms. The molecule has 0 aromatic carbocycles. The predicted molar refractivity (Wildman–Crippen MR) is 42.8 cm³/mol. The Bertz CT molecular complexity index is 330. The largest absolute Gasteiger partial charge is 0.389 e. The molecule has 0 fully saturated rings. The first kappa shape index (κ1) is 10.7. The zero-order chi connectivity index (χ0) is 10.8. The van der Waals surface area contributed by atoms with Crippen LogP contribution in [0.2, 0.25) is 0 Å². The Morgan fingerprint density at radius 2 is 2.21 bits per heavy atom. The van der Waals surface area contributed by atoms with Gasteiger partial charge in [-0.25, -0.2) is 4.98 Å². The van der Waals surface area contributed by atoms with Gasteiger partial charge in [-0.2, -0.15) is 13.2 Å². The summed E-state index contributed by atoms with van der Waals surface area (Å²) in [4.78, 5) is 14.9. The molecular weight excluding hydrogens is 197 g/mol. The molecule has 1 aromatic heterocycles. The molecule has 0 amide bonds. The van der Waals surface area contributed by atoms with E-state index in [1.165, 1.54) is 17.1 Å². The highest BCUT2D eigenvalue weighted by Gasteiger charge is 2.28. The maximum absolute atomic E-state index is 11.8. The van der Waals surface area contributed by atoms with Crippen LogP contribution in [0.5, 0.6) is 0 Å². The van der Waals surface area contributed by atoms with E-state index < -0.39 is 24.8 Å². The van der Waals surface area contributed by atoms with E-state index in [-0.39, 0.29) is 5.69 Å². The third-order valence-electron chi connectivity index (χ3n) is 1.74. The molecule has 1 aromatic rings. The lowest BCUT2D eigenvalue weighted by Crippen LogP contribution is -2.12. The van der Waals surface area contributed by atoms with E-state index in [4.69, 9.17) is 0 Å². The average Bonchev–Trinajstić information content (AvgIpc) is 2.46. The molecule has 0 bridgehead atoms. The van der Waals surface area contributed by atoms with Gasteiger partial charge >= 0.3 is 6.18 Å². The fraction of sp³-hybridized carbons (Fsp3) is 0.500. The van der Waals surface area contributed by atoms with Gasteiger partial charge in [0.05, 0.1) is 18.9 Å². The van der Waals surface area contributed by atoms with Crippen molar-refractivity contribution in [3.05, 3.63) is 18.2 Å². The fourth-order valence-electron chi connectivity index (χ4n) is 1.01. The number of ketones is 1. The Labute approximate surface area is 78.6 Å². The summed E-state index contributed by atoms with van der Waals surface area (Å²) in [6, 6.07) is 0. The number of alkyl halides is 3. The Hall–Kier alpha value is -1.33. The third kappa shape index (κ3) is 2.86. The second-order valence-electron chi connectivity index (χ2n) is 2.93. The number of halogens is 3. The van der Waals surface area contributed by atoms with Gasteiger partial charge in [-0.05, 0) is 0 Å².